The SMILES string of the molecule is C1CN2CCC1CC2.COc1ccc(CNC(C(=O)O)c2ccccc2)cc1. The number of nitrogens with zero attached hydrogens (tertiary/aromatic N) is 1. The van der Waals surface area contributed by atoms with Crippen LogP contribution in [0.25, 0.3) is 0 Å². The van der Waals surface area contributed by atoms with E-state index in [1.165, 1.54) is 38.9 Å². The lowest BCUT2D eigenvalue weighted by molar-refractivity contribution is -0.139. The van der Waals surface area contributed by atoms with E-state index in [2.05, 4.69) is 10.2 Å². The van der Waals surface area contributed by atoms with Crippen molar-refractivity contribution >= 4 is 5.97 Å². The average molecular weight is 383 g/mol. The summed E-state index contributed by atoms with van der Waals surface area (Å²) in [6, 6.07) is 16.0. The summed E-state index contributed by atoms with van der Waals surface area (Å²) >= 11 is 0. The van der Waals surface area contributed by atoms with E-state index in [0.29, 0.717) is 6.54 Å². The maximum absolute atomic E-state index is 11.3. The third kappa shape index (κ3) is 5.81. The number of nitrogens with one attached hydrogen (secondary N) is 1. The van der Waals surface area contributed by atoms with Gasteiger partial charge in [-0.25, -0.2) is 0 Å². The predicted octanol–water partition coefficient (Wildman–Crippen LogP) is 3.71. The molecule has 5 heteroatoms. The van der Waals surface area contributed by atoms with Gasteiger partial charge in [0, 0.05) is 6.54 Å². The molecule has 0 aliphatic carbocycles. The minimum atomic E-state index is -0.885. The Kier molecular flexibility index (Phi) is 7.46. The van der Waals surface area contributed by atoms with Gasteiger partial charge in [0.15, 0.2) is 0 Å². The molecule has 0 saturated carbocycles. The van der Waals surface area contributed by atoms with Gasteiger partial charge in [0.25, 0.3) is 0 Å². The summed E-state index contributed by atoms with van der Waals surface area (Å²) < 4.78 is 5.09. The third-order valence-corrected chi connectivity index (χ3v) is 5.61. The van der Waals surface area contributed by atoms with Crippen LogP contribution in [0.4, 0.5) is 0 Å². The van der Waals surface area contributed by atoms with Gasteiger partial charge < -0.3 is 14.7 Å². The molecule has 2 bridgehead atoms. The number of hydrogen-bond donors (Lipinski definition) is 2. The molecule has 2 N–H and O–H groups in total. The van der Waals surface area contributed by atoms with Crippen LogP contribution in [0.15, 0.2) is 54.6 Å². The highest BCUT2D eigenvalue weighted by atomic mass is 16.5. The summed E-state index contributed by atoms with van der Waals surface area (Å²) in [6.07, 6.45) is 4.46. The van der Waals surface area contributed by atoms with E-state index in [9.17, 15) is 9.90 Å². The van der Waals surface area contributed by atoms with Crippen LogP contribution in [0, 0.1) is 5.92 Å². The van der Waals surface area contributed by atoms with E-state index in [4.69, 9.17) is 4.74 Å². The van der Waals surface area contributed by atoms with E-state index in [0.717, 1.165) is 22.8 Å². The molecule has 3 saturated heterocycles. The Morgan fingerprint density at radius 2 is 1.68 bits per heavy atom. The van der Waals surface area contributed by atoms with E-state index >= 15 is 0 Å². The zero-order valence-corrected chi connectivity index (χ0v) is 16.5. The smallest absolute Gasteiger partial charge is 0.325 e. The molecule has 1 atom stereocenters. The second kappa shape index (κ2) is 10.2. The number of methoxy groups -OCH3 is 1. The molecular weight excluding hydrogens is 352 g/mol. The van der Waals surface area contributed by atoms with Crippen LogP contribution in [0.5, 0.6) is 5.75 Å². The zero-order chi connectivity index (χ0) is 19.8. The Morgan fingerprint density at radius 3 is 2.11 bits per heavy atom. The molecule has 2 aromatic rings. The Morgan fingerprint density at radius 1 is 1.07 bits per heavy atom. The molecule has 0 aromatic heterocycles. The number of benzene rings is 2. The molecule has 1 unspecified atom stereocenters. The Hall–Kier alpha value is -2.37. The van der Waals surface area contributed by atoms with Crippen molar-refractivity contribution in [3.05, 3.63) is 65.7 Å². The second-order valence-electron chi connectivity index (χ2n) is 7.48. The second-order valence-corrected chi connectivity index (χ2v) is 7.48. The van der Waals surface area contributed by atoms with Gasteiger partial charge in [-0.15, -0.1) is 0 Å². The van der Waals surface area contributed by atoms with Gasteiger partial charge in [-0.05, 0) is 68.1 Å². The molecule has 28 heavy (non-hydrogen) atoms. The number of hydrogen-bond acceptors (Lipinski definition) is 4. The van der Waals surface area contributed by atoms with Crippen molar-refractivity contribution in [2.24, 2.45) is 5.92 Å². The van der Waals surface area contributed by atoms with E-state index in [1.807, 2.05) is 42.5 Å². The summed E-state index contributed by atoms with van der Waals surface area (Å²) in [6.45, 7) is 4.66. The number of fused-ring (bicyclic) bond motifs is 3. The fraction of sp³-hybridized carbons (Fsp3) is 0.435. The lowest BCUT2D eigenvalue weighted by atomic mass is 9.89. The monoisotopic (exact) mass is 382 g/mol. The average Bonchev–Trinajstić information content (AvgIpc) is 2.77. The first-order chi connectivity index (χ1) is 13.7. The van der Waals surface area contributed by atoms with Gasteiger partial charge in [0.2, 0.25) is 0 Å². The lowest BCUT2D eigenvalue weighted by Gasteiger charge is -2.38. The Labute approximate surface area is 167 Å². The molecule has 3 aliphatic heterocycles. The lowest BCUT2D eigenvalue weighted by Crippen LogP contribution is -2.41. The maximum Gasteiger partial charge on any atom is 0.325 e. The molecule has 3 aliphatic rings. The van der Waals surface area contributed by atoms with E-state index in [-0.39, 0.29) is 0 Å². The number of piperidine rings is 3. The largest absolute Gasteiger partial charge is 0.497 e. The highest BCUT2D eigenvalue weighted by Gasteiger charge is 2.24. The van der Waals surface area contributed by atoms with Crippen LogP contribution in [0.1, 0.15) is 36.4 Å². The number of aliphatic carboxylic acids is 1. The highest BCUT2D eigenvalue weighted by molar-refractivity contribution is 5.75. The number of rotatable bonds is 6. The summed E-state index contributed by atoms with van der Waals surface area (Å²) in [5, 5.41) is 12.4. The summed E-state index contributed by atoms with van der Waals surface area (Å²) in [5.41, 5.74) is 1.75. The topological polar surface area (TPSA) is 61.8 Å². The maximum atomic E-state index is 11.3. The fourth-order valence-electron chi connectivity index (χ4n) is 3.82. The van der Waals surface area contributed by atoms with Crippen LogP contribution in [-0.4, -0.2) is 42.7 Å². The minimum Gasteiger partial charge on any atom is -0.497 e. The van der Waals surface area contributed by atoms with Gasteiger partial charge in [-0.2, -0.15) is 0 Å². The van der Waals surface area contributed by atoms with Crippen LogP contribution < -0.4 is 10.1 Å². The Bertz CT molecular complexity index is 702. The quantitative estimate of drug-likeness (QED) is 0.797. The molecule has 0 amide bonds. The van der Waals surface area contributed by atoms with Gasteiger partial charge in [0.05, 0.1) is 7.11 Å². The third-order valence-electron chi connectivity index (χ3n) is 5.61. The normalized spacial score (nSPS) is 21.3. The summed E-state index contributed by atoms with van der Waals surface area (Å²) in [7, 11) is 1.61. The molecule has 3 heterocycles. The van der Waals surface area contributed by atoms with Crippen LogP contribution >= 0.6 is 0 Å². The summed E-state index contributed by atoms with van der Waals surface area (Å²) in [4.78, 5) is 13.9. The van der Waals surface area contributed by atoms with Crippen molar-refractivity contribution in [3.8, 4) is 5.75 Å². The van der Waals surface area contributed by atoms with E-state index in [1.54, 1.807) is 19.2 Å². The highest BCUT2D eigenvalue weighted by Crippen LogP contribution is 2.26. The molecule has 0 radical (unpaired) electrons. The van der Waals surface area contributed by atoms with Gasteiger partial charge in [-0.1, -0.05) is 42.5 Å². The van der Waals surface area contributed by atoms with Crippen molar-refractivity contribution in [2.75, 3.05) is 26.7 Å². The fourth-order valence-corrected chi connectivity index (χ4v) is 3.82. The first-order valence-electron chi connectivity index (χ1n) is 10.0. The first kappa shape index (κ1) is 20.4. The molecule has 5 nitrogen and oxygen atoms in total. The van der Waals surface area contributed by atoms with Crippen molar-refractivity contribution in [1.29, 1.82) is 0 Å². The van der Waals surface area contributed by atoms with Crippen LogP contribution in [0.2, 0.25) is 0 Å². The van der Waals surface area contributed by atoms with Gasteiger partial charge >= 0.3 is 5.97 Å². The number of ether oxygens (including phenoxy) is 1. The molecule has 150 valence electrons. The number of carboxylic acids is 1. The molecule has 0 spiro atoms. The van der Waals surface area contributed by atoms with Gasteiger partial charge in [0.1, 0.15) is 11.8 Å². The molecule has 2 aromatic carbocycles. The van der Waals surface area contributed by atoms with E-state index < -0.39 is 12.0 Å². The van der Waals surface area contributed by atoms with Crippen LogP contribution in [-0.2, 0) is 11.3 Å². The van der Waals surface area contributed by atoms with Crippen LogP contribution in [0.3, 0.4) is 0 Å². The van der Waals surface area contributed by atoms with Crippen molar-refractivity contribution in [1.82, 2.24) is 10.2 Å². The molecule has 5 rings (SSSR count). The standard InChI is InChI=1S/C16H17NO3.C7H13N/c1-20-14-9-7-12(8-10-14)11-17-15(16(18)19)13-5-3-2-4-6-13;1-4-8-5-2-7(1)3-6-8/h2-10,15,17H,11H2,1H3,(H,18,19);7H,1-6H2. The first-order valence-corrected chi connectivity index (χ1v) is 10.0. The van der Waals surface area contributed by atoms with Crippen molar-refractivity contribution < 1.29 is 14.6 Å². The molecule has 3 fully saturated rings. The zero-order valence-electron chi connectivity index (χ0n) is 16.5. The Balaban J connectivity index is 0.000000231. The molecular formula is C23H30N2O3. The predicted molar refractivity (Wildman–Crippen MR) is 110 cm³/mol. The number of carboxylic acid groups (broad SMARTS) is 1. The van der Waals surface area contributed by atoms with Crippen molar-refractivity contribution in [3.63, 3.8) is 0 Å². The number of carbonyl (C=O) groups is 1. The van der Waals surface area contributed by atoms with Crippen molar-refractivity contribution in [2.45, 2.75) is 31.8 Å². The minimum absolute atomic E-state index is 0.482. The van der Waals surface area contributed by atoms with Gasteiger partial charge in [-0.3, -0.25) is 10.1 Å². The summed E-state index contributed by atoms with van der Waals surface area (Å²) in [5.74, 6) is 1.01.